The van der Waals surface area contributed by atoms with Crippen molar-refractivity contribution in [2.45, 2.75) is 84.8 Å². The number of benzene rings is 1. The maximum Gasteiger partial charge on any atom is 0.127 e. The van der Waals surface area contributed by atoms with Crippen LogP contribution >= 0.6 is 0 Å². The molecule has 1 aromatic rings. The second-order valence-corrected chi connectivity index (χ2v) is 10.5. The monoisotopic (exact) mass is 398 g/mol. The van der Waals surface area contributed by atoms with Gasteiger partial charge in [-0.25, -0.2) is 0 Å². The number of fused-ring (bicyclic) bond motifs is 2. The Morgan fingerprint density at radius 2 is 2.00 bits per heavy atom. The molecule has 1 aliphatic heterocycles. The van der Waals surface area contributed by atoms with E-state index in [0.717, 1.165) is 36.3 Å². The molecule has 3 rings (SSSR count). The molecule has 1 heterocycles. The molecule has 1 N–H and O–H groups in total. The highest BCUT2D eigenvalue weighted by atomic mass is 16.5. The summed E-state index contributed by atoms with van der Waals surface area (Å²) < 4.78 is 12.8. The van der Waals surface area contributed by atoms with Crippen molar-refractivity contribution in [2.75, 3.05) is 6.61 Å². The average Bonchev–Trinajstić information content (AvgIpc) is 2.63. The summed E-state index contributed by atoms with van der Waals surface area (Å²) in [6.45, 7) is 19.6. The second-order valence-electron chi connectivity index (χ2n) is 10.5. The summed E-state index contributed by atoms with van der Waals surface area (Å²) in [4.78, 5) is 0. The summed E-state index contributed by atoms with van der Waals surface area (Å²) in [5, 5.41) is 10.7. The van der Waals surface area contributed by atoms with Crippen LogP contribution in [-0.4, -0.2) is 23.4 Å². The van der Waals surface area contributed by atoms with Crippen molar-refractivity contribution in [3.05, 3.63) is 47.6 Å². The zero-order valence-corrected chi connectivity index (χ0v) is 19.3. The molecule has 1 fully saturated rings. The van der Waals surface area contributed by atoms with Crippen LogP contribution in [0.25, 0.3) is 0 Å². The quantitative estimate of drug-likeness (QED) is 0.620. The Kier molecular flexibility index (Phi) is 5.68. The van der Waals surface area contributed by atoms with E-state index >= 15 is 0 Å². The molecule has 160 valence electrons. The van der Waals surface area contributed by atoms with Crippen LogP contribution in [0.2, 0.25) is 0 Å². The third-order valence-electron chi connectivity index (χ3n) is 7.27. The molecule has 0 radical (unpaired) electrons. The molecule has 29 heavy (non-hydrogen) atoms. The zero-order chi connectivity index (χ0) is 21.6. The highest BCUT2D eigenvalue weighted by Gasteiger charge is 2.54. The Hall–Kier alpha value is -1.74. The van der Waals surface area contributed by atoms with Crippen molar-refractivity contribution in [3.63, 3.8) is 0 Å². The maximum atomic E-state index is 10.7. The normalized spacial score (nSPS) is 27.9. The van der Waals surface area contributed by atoms with E-state index in [4.69, 9.17) is 9.47 Å². The van der Waals surface area contributed by atoms with Crippen molar-refractivity contribution in [1.82, 2.24) is 0 Å². The van der Waals surface area contributed by atoms with Crippen LogP contribution in [-0.2, 0) is 11.8 Å². The summed E-state index contributed by atoms with van der Waals surface area (Å²) in [6, 6.07) is 4.32. The molecule has 0 unspecified atom stereocenters. The van der Waals surface area contributed by atoms with Crippen molar-refractivity contribution >= 4 is 0 Å². The fourth-order valence-electron chi connectivity index (χ4n) is 4.95. The standard InChI is InChI=1S/C26H38O3/c1-9-24(4,5)19-14-18-15-22-25(6,7)23(27)10-12-26(22,8)29-20(18)16-21(19)28-13-11-17(2)3/h9,11,14,16,22-23,27H,1,10,12-13,15H2,2-8H3/t22-,23-,26-/m0/s1. The van der Waals surface area contributed by atoms with Crippen LogP contribution in [0.1, 0.15) is 72.4 Å². The van der Waals surface area contributed by atoms with Gasteiger partial charge in [0.2, 0.25) is 0 Å². The lowest BCUT2D eigenvalue weighted by atomic mass is 9.57. The first-order valence-electron chi connectivity index (χ1n) is 10.8. The van der Waals surface area contributed by atoms with Gasteiger partial charge in [-0.15, -0.1) is 6.58 Å². The first-order chi connectivity index (χ1) is 13.4. The summed E-state index contributed by atoms with van der Waals surface area (Å²) in [5.74, 6) is 2.05. The largest absolute Gasteiger partial charge is 0.489 e. The second kappa shape index (κ2) is 7.50. The highest BCUT2D eigenvalue weighted by Crippen LogP contribution is 2.54. The van der Waals surface area contributed by atoms with Gasteiger partial charge in [0.05, 0.1) is 6.10 Å². The van der Waals surface area contributed by atoms with Gasteiger partial charge in [-0.1, -0.05) is 39.3 Å². The lowest BCUT2D eigenvalue weighted by Crippen LogP contribution is -2.58. The van der Waals surface area contributed by atoms with Crippen molar-refractivity contribution in [3.8, 4) is 11.5 Å². The zero-order valence-electron chi connectivity index (χ0n) is 19.3. The van der Waals surface area contributed by atoms with E-state index in [1.807, 2.05) is 6.08 Å². The van der Waals surface area contributed by atoms with Gasteiger partial charge in [-0.05, 0) is 63.2 Å². The van der Waals surface area contributed by atoms with E-state index in [1.165, 1.54) is 11.1 Å². The molecule has 3 nitrogen and oxygen atoms in total. The number of aliphatic hydroxyl groups excluding tert-OH is 1. The Balaban J connectivity index is 2.05. The minimum atomic E-state index is -0.290. The van der Waals surface area contributed by atoms with Gasteiger partial charge in [0, 0.05) is 23.0 Å². The van der Waals surface area contributed by atoms with Crippen molar-refractivity contribution in [2.24, 2.45) is 11.3 Å². The SMILES string of the molecule is C=CC(C)(C)c1cc2c(cc1OCC=C(C)C)O[C@@]1(C)CC[C@H](O)C(C)(C)[C@@H]1C2. The first-order valence-corrected chi connectivity index (χ1v) is 10.8. The van der Waals surface area contributed by atoms with Crippen LogP contribution in [0.15, 0.2) is 36.4 Å². The third-order valence-corrected chi connectivity index (χ3v) is 7.27. The van der Waals surface area contributed by atoms with E-state index in [-0.39, 0.29) is 28.5 Å². The molecular weight excluding hydrogens is 360 g/mol. The Labute approximate surface area is 176 Å². The molecule has 1 aromatic carbocycles. The number of allylic oxidation sites excluding steroid dienone is 2. The lowest BCUT2D eigenvalue weighted by molar-refractivity contribution is -0.137. The molecule has 2 aliphatic rings. The number of hydrogen-bond donors (Lipinski definition) is 1. The third kappa shape index (κ3) is 3.99. The maximum absolute atomic E-state index is 10.7. The summed E-state index contributed by atoms with van der Waals surface area (Å²) in [7, 11) is 0. The molecule has 0 bridgehead atoms. The van der Waals surface area contributed by atoms with Crippen molar-refractivity contribution in [1.29, 1.82) is 0 Å². The number of aliphatic hydroxyl groups is 1. The predicted octanol–water partition coefficient (Wildman–Crippen LogP) is 5.99. The molecule has 1 aliphatic carbocycles. The number of rotatable bonds is 5. The highest BCUT2D eigenvalue weighted by molar-refractivity contribution is 5.52. The molecule has 0 saturated heterocycles. The topological polar surface area (TPSA) is 38.7 Å². The van der Waals surface area contributed by atoms with E-state index in [9.17, 15) is 5.11 Å². The molecule has 3 heteroatoms. The van der Waals surface area contributed by atoms with Gasteiger partial charge in [-0.2, -0.15) is 0 Å². The van der Waals surface area contributed by atoms with Crippen LogP contribution < -0.4 is 9.47 Å². The number of hydrogen-bond acceptors (Lipinski definition) is 3. The van der Waals surface area contributed by atoms with Gasteiger partial charge in [0.1, 0.15) is 23.7 Å². The average molecular weight is 399 g/mol. The molecule has 1 saturated carbocycles. The van der Waals surface area contributed by atoms with E-state index in [1.54, 1.807) is 0 Å². The molecule has 3 atom stereocenters. The van der Waals surface area contributed by atoms with Crippen LogP contribution in [0.3, 0.4) is 0 Å². The van der Waals surface area contributed by atoms with Crippen LogP contribution in [0, 0.1) is 11.3 Å². The van der Waals surface area contributed by atoms with Crippen LogP contribution in [0.4, 0.5) is 0 Å². The van der Waals surface area contributed by atoms with Gasteiger partial charge in [-0.3, -0.25) is 0 Å². The minimum absolute atomic E-state index is 0.183. The molecular formula is C26H38O3. The Bertz CT molecular complexity index is 813. The van der Waals surface area contributed by atoms with Gasteiger partial charge < -0.3 is 14.6 Å². The van der Waals surface area contributed by atoms with Gasteiger partial charge >= 0.3 is 0 Å². The van der Waals surface area contributed by atoms with Crippen molar-refractivity contribution < 1.29 is 14.6 Å². The van der Waals surface area contributed by atoms with E-state index in [2.05, 4.69) is 73.3 Å². The Morgan fingerprint density at radius 3 is 2.62 bits per heavy atom. The smallest absolute Gasteiger partial charge is 0.127 e. The lowest BCUT2D eigenvalue weighted by Gasteiger charge is -2.55. The van der Waals surface area contributed by atoms with Gasteiger partial charge in [0.25, 0.3) is 0 Å². The fourth-order valence-corrected chi connectivity index (χ4v) is 4.95. The minimum Gasteiger partial charge on any atom is -0.489 e. The Morgan fingerprint density at radius 1 is 1.31 bits per heavy atom. The van der Waals surface area contributed by atoms with Crippen LogP contribution in [0.5, 0.6) is 11.5 Å². The summed E-state index contributed by atoms with van der Waals surface area (Å²) in [6.07, 6.45) is 6.33. The summed E-state index contributed by atoms with van der Waals surface area (Å²) in [5.41, 5.74) is 2.92. The van der Waals surface area contributed by atoms with E-state index < -0.39 is 0 Å². The number of ether oxygens (including phenoxy) is 2. The van der Waals surface area contributed by atoms with E-state index in [0.29, 0.717) is 6.61 Å². The first kappa shape index (κ1) is 22.0. The molecule has 0 spiro atoms. The fraction of sp³-hybridized carbons (Fsp3) is 0.615. The predicted molar refractivity (Wildman–Crippen MR) is 120 cm³/mol. The molecule has 0 amide bonds. The summed E-state index contributed by atoms with van der Waals surface area (Å²) >= 11 is 0. The van der Waals surface area contributed by atoms with Gasteiger partial charge in [0.15, 0.2) is 0 Å². The molecule has 0 aromatic heterocycles.